The summed E-state index contributed by atoms with van der Waals surface area (Å²) in [6.07, 6.45) is 1.16. The molecule has 89 valence electrons. The average Bonchev–Trinajstić information content (AvgIpc) is 2.65. The van der Waals surface area contributed by atoms with Gasteiger partial charge in [0.15, 0.2) is 0 Å². The van der Waals surface area contributed by atoms with Gasteiger partial charge in [0.1, 0.15) is 0 Å². The molecular weight excluding hydrogens is 311 g/mol. The van der Waals surface area contributed by atoms with Crippen LogP contribution in [0.3, 0.4) is 0 Å². The molecule has 0 nitrogen and oxygen atoms in total. The third kappa shape index (κ3) is 2.10. The minimum Gasteiger partial charge on any atom is -0.0693 e. The predicted molar refractivity (Wildman–Crippen MR) is 77.7 cm³/mol. The van der Waals surface area contributed by atoms with Gasteiger partial charge in [0, 0.05) is 26.2 Å². The average molecular weight is 329 g/mol. The molecule has 1 aliphatic rings. The van der Waals surface area contributed by atoms with Gasteiger partial charge in [-0.3, -0.25) is 0 Å². The summed E-state index contributed by atoms with van der Waals surface area (Å²) in [6, 6.07) is 13.4. The molecule has 0 fully saturated rings. The number of fused-ring (bicyclic) bond motifs is 3. The minimum absolute atomic E-state index is 0. The molecule has 0 saturated carbocycles. The Morgan fingerprint density at radius 1 is 1.00 bits per heavy atom. The Morgan fingerprint density at radius 2 is 1.72 bits per heavy atom. The van der Waals surface area contributed by atoms with Crippen LogP contribution in [-0.4, -0.2) is 8.80 Å². The second-order valence-electron chi connectivity index (χ2n) is 5.15. The molecule has 2 aromatic carbocycles. The maximum atomic E-state index is 2.40. The summed E-state index contributed by atoms with van der Waals surface area (Å²) in [5, 5.41) is 4.49. The van der Waals surface area contributed by atoms with Gasteiger partial charge in [-0.25, -0.2) is 0 Å². The predicted octanol–water partition coefficient (Wildman–Crippen LogP) is 4.46. The first-order valence-electron chi connectivity index (χ1n) is 6.20. The molecule has 2 aromatic rings. The van der Waals surface area contributed by atoms with Crippen molar-refractivity contribution in [3.8, 4) is 0 Å². The Kier molecular flexibility index (Phi) is 4.08. The van der Waals surface area contributed by atoms with Gasteiger partial charge in [0.2, 0.25) is 0 Å². The molecule has 0 heterocycles. The third-order valence-corrected chi connectivity index (χ3v) is 5.32. The summed E-state index contributed by atoms with van der Waals surface area (Å²) in [7, 11) is -0.383. The van der Waals surface area contributed by atoms with Gasteiger partial charge in [-0.2, -0.15) is 0 Å². The van der Waals surface area contributed by atoms with Gasteiger partial charge in [-0.15, -0.1) is 0 Å². The first-order chi connectivity index (χ1) is 8.18. The van der Waals surface area contributed by atoms with Crippen LogP contribution >= 0.6 is 0 Å². The number of allylic oxidation sites excluding steroid dienone is 1. The zero-order chi connectivity index (χ0) is 12.0. The molecule has 1 radical (unpaired) electrons. The maximum Gasteiger partial charge on any atom is 0.0799 e. The van der Waals surface area contributed by atoms with E-state index in [9.17, 15) is 0 Å². The van der Waals surface area contributed by atoms with Crippen LogP contribution in [0, 0.1) is 0 Å². The topological polar surface area (TPSA) is 0 Å². The number of hydrogen-bond acceptors (Lipinski definition) is 0. The largest absolute Gasteiger partial charge is 0.0799 e. The summed E-state index contributed by atoms with van der Waals surface area (Å²) in [6.45, 7) is 7.11. The standard InChI is InChI=1S/C16H17Si.Zr/c1-11-10-13-9-8-12-6-4-5-7-14(12)15(13)16(11)17(2)3;/h4-9H,10H2,1-3H3;. The molecule has 0 atom stereocenters. The monoisotopic (exact) mass is 327 g/mol. The van der Waals surface area contributed by atoms with Crippen molar-refractivity contribution in [1.29, 1.82) is 0 Å². The van der Waals surface area contributed by atoms with E-state index in [4.69, 9.17) is 0 Å². The number of benzene rings is 2. The van der Waals surface area contributed by atoms with Crippen molar-refractivity contribution in [1.82, 2.24) is 0 Å². The van der Waals surface area contributed by atoms with Crippen LogP contribution in [0.5, 0.6) is 0 Å². The maximum absolute atomic E-state index is 2.40. The number of hydrogen-bond donors (Lipinski definition) is 0. The summed E-state index contributed by atoms with van der Waals surface area (Å²) in [4.78, 5) is 0. The molecule has 0 aliphatic heterocycles. The molecule has 0 unspecified atom stereocenters. The van der Waals surface area contributed by atoms with Gasteiger partial charge in [0.25, 0.3) is 0 Å². The fourth-order valence-corrected chi connectivity index (χ4v) is 4.76. The molecule has 2 heteroatoms. The Morgan fingerprint density at radius 3 is 2.44 bits per heavy atom. The van der Waals surface area contributed by atoms with Crippen molar-refractivity contribution < 1.29 is 26.2 Å². The van der Waals surface area contributed by atoms with Crippen molar-refractivity contribution in [2.24, 2.45) is 0 Å². The van der Waals surface area contributed by atoms with E-state index in [0.29, 0.717) is 0 Å². The molecule has 3 rings (SSSR count). The van der Waals surface area contributed by atoms with Crippen LogP contribution in [-0.2, 0) is 32.6 Å². The van der Waals surface area contributed by atoms with Crippen LogP contribution < -0.4 is 0 Å². The second-order valence-corrected chi connectivity index (χ2v) is 7.65. The van der Waals surface area contributed by atoms with Gasteiger partial charge >= 0.3 is 0 Å². The van der Waals surface area contributed by atoms with Gasteiger partial charge in [-0.05, 0) is 35.2 Å². The van der Waals surface area contributed by atoms with Gasteiger partial charge in [0.05, 0.1) is 8.80 Å². The molecule has 0 amide bonds. The smallest absolute Gasteiger partial charge is 0.0693 e. The Labute approximate surface area is 130 Å². The molecule has 0 N–H and O–H groups in total. The van der Waals surface area contributed by atoms with E-state index in [1.807, 2.05) is 0 Å². The van der Waals surface area contributed by atoms with Crippen molar-refractivity contribution in [2.45, 2.75) is 26.4 Å². The fraction of sp³-hybridized carbons (Fsp3) is 0.250. The molecule has 0 aromatic heterocycles. The number of rotatable bonds is 1. The van der Waals surface area contributed by atoms with E-state index in [-0.39, 0.29) is 35.0 Å². The third-order valence-electron chi connectivity index (χ3n) is 3.65. The Hall–Kier alpha value is -0.460. The molecule has 18 heavy (non-hydrogen) atoms. The summed E-state index contributed by atoms with van der Waals surface area (Å²) < 4.78 is 0. The Balaban J connectivity index is 0.00000120. The quantitative estimate of drug-likeness (QED) is 0.678. The molecule has 0 saturated heterocycles. The summed E-state index contributed by atoms with van der Waals surface area (Å²) >= 11 is 0. The van der Waals surface area contributed by atoms with Gasteiger partial charge in [-0.1, -0.05) is 60.3 Å². The molecule has 1 aliphatic carbocycles. The van der Waals surface area contributed by atoms with E-state index in [2.05, 4.69) is 56.4 Å². The van der Waals surface area contributed by atoms with E-state index in [0.717, 1.165) is 6.42 Å². The van der Waals surface area contributed by atoms with Crippen LogP contribution in [0.15, 0.2) is 42.0 Å². The zero-order valence-electron chi connectivity index (χ0n) is 11.2. The fourth-order valence-electron chi connectivity index (χ4n) is 3.02. The molecule has 0 bridgehead atoms. The second kappa shape index (κ2) is 5.27. The molecular formula is C16H17SiZr. The van der Waals surface area contributed by atoms with E-state index >= 15 is 0 Å². The van der Waals surface area contributed by atoms with Crippen LogP contribution in [0.25, 0.3) is 16.0 Å². The van der Waals surface area contributed by atoms with Crippen molar-refractivity contribution in [2.75, 3.05) is 0 Å². The van der Waals surface area contributed by atoms with Crippen LogP contribution in [0.4, 0.5) is 0 Å². The summed E-state index contributed by atoms with van der Waals surface area (Å²) in [5.41, 5.74) is 4.68. The SMILES string of the molecule is CC1=C([Si](C)C)c2c(ccc3ccccc23)C1.[Zr]. The Bertz CT molecular complexity index is 626. The van der Waals surface area contributed by atoms with E-state index in [1.54, 1.807) is 16.3 Å². The van der Waals surface area contributed by atoms with Crippen molar-refractivity contribution >= 4 is 24.8 Å². The first-order valence-corrected chi connectivity index (χ1v) is 8.70. The summed E-state index contributed by atoms with van der Waals surface area (Å²) in [5.74, 6) is 0. The minimum atomic E-state index is -0.383. The van der Waals surface area contributed by atoms with Crippen LogP contribution in [0.2, 0.25) is 13.1 Å². The normalized spacial score (nSPS) is 14.0. The van der Waals surface area contributed by atoms with E-state index < -0.39 is 0 Å². The molecule has 0 spiro atoms. The zero-order valence-corrected chi connectivity index (χ0v) is 14.6. The van der Waals surface area contributed by atoms with Crippen molar-refractivity contribution in [3.63, 3.8) is 0 Å². The van der Waals surface area contributed by atoms with Crippen molar-refractivity contribution in [3.05, 3.63) is 53.1 Å². The van der Waals surface area contributed by atoms with Crippen LogP contribution in [0.1, 0.15) is 18.1 Å². The van der Waals surface area contributed by atoms with E-state index in [1.165, 1.54) is 16.3 Å². The first kappa shape index (κ1) is 14.0. The van der Waals surface area contributed by atoms with Gasteiger partial charge < -0.3 is 0 Å².